The molecule has 4 nitrogen and oxygen atoms in total. The van der Waals surface area contributed by atoms with Crippen LogP contribution in [0, 0.1) is 0 Å². The highest BCUT2D eigenvalue weighted by Gasteiger charge is 2.34. The monoisotopic (exact) mass is 246 g/mol. The summed E-state index contributed by atoms with van der Waals surface area (Å²) in [6.45, 7) is 3.98. The van der Waals surface area contributed by atoms with Crippen LogP contribution in [0.1, 0.15) is 12.6 Å². The van der Waals surface area contributed by atoms with E-state index in [4.69, 9.17) is 0 Å². The highest BCUT2D eigenvalue weighted by molar-refractivity contribution is 5.34. The number of hydrogen-bond acceptors (Lipinski definition) is 4. The first-order chi connectivity index (χ1) is 8.02. The third kappa shape index (κ3) is 2.49. The van der Waals surface area contributed by atoms with Crippen LogP contribution in [-0.4, -0.2) is 35.6 Å². The van der Waals surface area contributed by atoms with Crippen LogP contribution in [0.25, 0.3) is 0 Å². The maximum absolute atomic E-state index is 12.5. The van der Waals surface area contributed by atoms with E-state index in [0.29, 0.717) is 6.54 Å². The lowest BCUT2D eigenvalue weighted by atomic mass is 10.1. The van der Waals surface area contributed by atoms with Gasteiger partial charge in [-0.05, 0) is 13.0 Å². The zero-order chi connectivity index (χ0) is 12.5. The average Bonchev–Trinajstić information content (AvgIpc) is 2.22. The van der Waals surface area contributed by atoms with E-state index in [1.165, 1.54) is 0 Å². The van der Waals surface area contributed by atoms with Gasteiger partial charge in [0.15, 0.2) is 0 Å². The van der Waals surface area contributed by atoms with Crippen molar-refractivity contribution in [3.8, 4) is 0 Å². The molecule has 2 heterocycles. The van der Waals surface area contributed by atoms with E-state index in [1.807, 2.05) is 6.92 Å². The average molecular weight is 246 g/mol. The van der Waals surface area contributed by atoms with Gasteiger partial charge in [0.2, 0.25) is 5.95 Å². The first-order valence-electron chi connectivity index (χ1n) is 5.40. The van der Waals surface area contributed by atoms with Crippen molar-refractivity contribution in [2.45, 2.75) is 19.1 Å². The maximum Gasteiger partial charge on any atom is 0.433 e. The van der Waals surface area contributed by atoms with Crippen LogP contribution in [0.2, 0.25) is 0 Å². The van der Waals surface area contributed by atoms with Gasteiger partial charge in [-0.15, -0.1) is 0 Å². The molecule has 0 unspecified atom stereocenters. The molecule has 17 heavy (non-hydrogen) atoms. The third-order valence-electron chi connectivity index (χ3n) is 2.73. The van der Waals surface area contributed by atoms with Crippen LogP contribution < -0.4 is 10.2 Å². The summed E-state index contributed by atoms with van der Waals surface area (Å²) < 4.78 is 37.5. The SMILES string of the molecule is CCN(c1nccc(C(F)(F)F)n1)C1CNC1. The van der Waals surface area contributed by atoms with Gasteiger partial charge in [-0.2, -0.15) is 13.2 Å². The van der Waals surface area contributed by atoms with E-state index in [2.05, 4.69) is 15.3 Å². The molecule has 1 aliphatic heterocycles. The molecule has 1 saturated heterocycles. The molecule has 1 aromatic heterocycles. The summed E-state index contributed by atoms with van der Waals surface area (Å²) in [5.74, 6) is 0.147. The van der Waals surface area contributed by atoms with Crippen molar-refractivity contribution in [2.75, 3.05) is 24.5 Å². The number of nitrogens with zero attached hydrogens (tertiary/aromatic N) is 3. The van der Waals surface area contributed by atoms with Crippen molar-refractivity contribution in [2.24, 2.45) is 0 Å². The molecule has 0 aromatic carbocycles. The summed E-state index contributed by atoms with van der Waals surface area (Å²) in [4.78, 5) is 9.28. The highest BCUT2D eigenvalue weighted by atomic mass is 19.4. The molecule has 0 amide bonds. The van der Waals surface area contributed by atoms with Gasteiger partial charge in [0, 0.05) is 25.8 Å². The molecule has 0 aliphatic carbocycles. The van der Waals surface area contributed by atoms with Crippen molar-refractivity contribution in [3.63, 3.8) is 0 Å². The van der Waals surface area contributed by atoms with E-state index in [0.717, 1.165) is 25.4 Å². The van der Waals surface area contributed by atoms with E-state index < -0.39 is 11.9 Å². The molecule has 0 spiro atoms. The number of anilines is 1. The second-order valence-corrected chi connectivity index (χ2v) is 3.84. The first kappa shape index (κ1) is 12.1. The summed E-state index contributed by atoms with van der Waals surface area (Å²) >= 11 is 0. The highest BCUT2D eigenvalue weighted by Crippen LogP contribution is 2.28. The summed E-state index contributed by atoms with van der Waals surface area (Å²) in [5, 5.41) is 3.07. The maximum atomic E-state index is 12.5. The second-order valence-electron chi connectivity index (χ2n) is 3.84. The Labute approximate surface area is 96.9 Å². The molecular formula is C10H13F3N4. The second kappa shape index (κ2) is 4.48. The number of halogens is 3. The predicted molar refractivity (Wildman–Crippen MR) is 56.7 cm³/mol. The van der Waals surface area contributed by atoms with E-state index in [-0.39, 0.29) is 12.0 Å². The topological polar surface area (TPSA) is 41.1 Å². The van der Waals surface area contributed by atoms with Gasteiger partial charge < -0.3 is 10.2 Å². The van der Waals surface area contributed by atoms with Crippen LogP contribution in [0.4, 0.5) is 19.1 Å². The van der Waals surface area contributed by atoms with Crippen molar-refractivity contribution in [3.05, 3.63) is 18.0 Å². The number of likely N-dealkylation sites (N-methyl/N-ethyl adjacent to an activating group) is 1. The van der Waals surface area contributed by atoms with E-state index >= 15 is 0 Å². The molecule has 1 aliphatic rings. The van der Waals surface area contributed by atoms with Gasteiger partial charge in [0.25, 0.3) is 0 Å². The molecule has 1 N–H and O–H groups in total. The largest absolute Gasteiger partial charge is 0.433 e. The molecule has 7 heteroatoms. The fourth-order valence-corrected chi connectivity index (χ4v) is 1.70. The van der Waals surface area contributed by atoms with Gasteiger partial charge >= 0.3 is 6.18 Å². The van der Waals surface area contributed by atoms with E-state index in [1.54, 1.807) is 4.90 Å². The van der Waals surface area contributed by atoms with Gasteiger partial charge in [0.05, 0.1) is 6.04 Å². The molecule has 2 rings (SSSR count). The Hall–Kier alpha value is -1.37. The number of rotatable bonds is 3. The van der Waals surface area contributed by atoms with E-state index in [9.17, 15) is 13.2 Å². The number of aromatic nitrogens is 2. The summed E-state index contributed by atoms with van der Waals surface area (Å²) in [6, 6.07) is 1.07. The molecule has 94 valence electrons. The Morgan fingerprint density at radius 2 is 2.18 bits per heavy atom. The Kier molecular flexibility index (Phi) is 3.19. The van der Waals surface area contributed by atoms with Crippen molar-refractivity contribution >= 4 is 5.95 Å². The Balaban J connectivity index is 2.25. The Bertz CT molecular complexity index is 389. The van der Waals surface area contributed by atoms with Crippen LogP contribution in [0.5, 0.6) is 0 Å². The van der Waals surface area contributed by atoms with Crippen LogP contribution >= 0.6 is 0 Å². The van der Waals surface area contributed by atoms with Gasteiger partial charge in [0.1, 0.15) is 5.69 Å². The standard InChI is InChI=1S/C10H13F3N4/c1-2-17(7-5-14-6-7)9-15-4-3-8(16-9)10(11,12)13/h3-4,7,14H,2,5-6H2,1H3. The number of alkyl halides is 3. The van der Waals surface area contributed by atoms with Gasteiger partial charge in [-0.3, -0.25) is 0 Å². The van der Waals surface area contributed by atoms with Crippen LogP contribution in [0.3, 0.4) is 0 Å². The zero-order valence-electron chi connectivity index (χ0n) is 9.33. The first-order valence-corrected chi connectivity index (χ1v) is 5.40. The molecule has 0 saturated carbocycles. The quantitative estimate of drug-likeness (QED) is 0.872. The lowest BCUT2D eigenvalue weighted by Crippen LogP contribution is -2.57. The number of nitrogens with one attached hydrogen (secondary N) is 1. The van der Waals surface area contributed by atoms with Crippen molar-refractivity contribution in [1.29, 1.82) is 0 Å². The molecule has 0 radical (unpaired) electrons. The predicted octanol–water partition coefficient (Wildman–Crippen LogP) is 1.29. The van der Waals surface area contributed by atoms with Crippen molar-refractivity contribution in [1.82, 2.24) is 15.3 Å². The zero-order valence-corrected chi connectivity index (χ0v) is 9.33. The lowest BCUT2D eigenvalue weighted by molar-refractivity contribution is -0.141. The number of hydrogen-bond donors (Lipinski definition) is 1. The minimum atomic E-state index is -4.42. The van der Waals surface area contributed by atoms with Gasteiger partial charge in [-0.1, -0.05) is 0 Å². The minimum absolute atomic E-state index is 0.147. The van der Waals surface area contributed by atoms with Crippen LogP contribution in [-0.2, 0) is 6.18 Å². The van der Waals surface area contributed by atoms with Gasteiger partial charge in [-0.25, -0.2) is 9.97 Å². The normalized spacial score (nSPS) is 16.7. The van der Waals surface area contributed by atoms with Crippen molar-refractivity contribution < 1.29 is 13.2 Å². The third-order valence-corrected chi connectivity index (χ3v) is 2.73. The molecular weight excluding hydrogens is 233 g/mol. The summed E-state index contributed by atoms with van der Waals surface area (Å²) in [7, 11) is 0. The summed E-state index contributed by atoms with van der Waals surface area (Å²) in [6.07, 6.45) is -3.27. The Morgan fingerprint density at radius 3 is 2.65 bits per heavy atom. The fourth-order valence-electron chi connectivity index (χ4n) is 1.70. The smallest absolute Gasteiger partial charge is 0.336 e. The summed E-state index contributed by atoms with van der Waals surface area (Å²) in [5.41, 5.74) is -0.895. The Morgan fingerprint density at radius 1 is 1.47 bits per heavy atom. The minimum Gasteiger partial charge on any atom is -0.336 e. The fraction of sp³-hybridized carbons (Fsp3) is 0.600. The molecule has 0 atom stereocenters. The molecule has 0 bridgehead atoms. The molecule has 1 aromatic rings. The van der Waals surface area contributed by atoms with Crippen LogP contribution in [0.15, 0.2) is 12.3 Å². The lowest BCUT2D eigenvalue weighted by Gasteiger charge is -2.37. The molecule has 1 fully saturated rings.